The molecule has 1 aliphatic carbocycles. The minimum absolute atomic E-state index is 0.183. The fraction of sp³-hybridized carbons (Fsp3) is 0.350. The van der Waals surface area contributed by atoms with Gasteiger partial charge in [-0.15, -0.1) is 0 Å². The number of hydrogen-bond acceptors (Lipinski definition) is 5. The van der Waals surface area contributed by atoms with Crippen molar-refractivity contribution in [2.75, 3.05) is 27.2 Å². The Morgan fingerprint density at radius 3 is 2.70 bits per heavy atom. The largest absolute Gasteiger partial charge is 0.351 e. The molecule has 1 amide bonds. The van der Waals surface area contributed by atoms with Crippen LogP contribution in [-0.2, 0) is 0 Å². The average Bonchev–Trinajstić information content (AvgIpc) is 3.41. The number of pyridine rings is 1. The van der Waals surface area contributed by atoms with Crippen LogP contribution in [0.3, 0.4) is 0 Å². The molecule has 1 N–H and O–H groups in total. The zero-order valence-electron chi connectivity index (χ0n) is 15.3. The van der Waals surface area contributed by atoms with Crippen LogP contribution in [-0.4, -0.2) is 48.1 Å². The summed E-state index contributed by atoms with van der Waals surface area (Å²) in [5, 5.41) is 7.63. The van der Waals surface area contributed by atoms with Crippen LogP contribution in [0.2, 0.25) is 0 Å². The molecule has 2 heterocycles. The van der Waals surface area contributed by atoms with E-state index in [0.717, 1.165) is 25.1 Å². The van der Waals surface area contributed by atoms with Crippen LogP contribution in [0.4, 0.5) is 4.39 Å². The maximum Gasteiger partial charge on any atom is 0.259 e. The fourth-order valence-electron chi connectivity index (χ4n) is 3.03. The summed E-state index contributed by atoms with van der Waals surface area (Å²) in [6, 6.07) is 7.80. The molecule has 1 aromatic carbocycles. The lowest BCUT2D eigenvalue weighted by molar-refractivity contribution is 0.0952. The molecule has 1 fully saturated rings. The summed E-state index contributed by atoms with van der Waals surface area (Å²) in [6.07, 6.45) is 2.14. The molecule has 7 heteroatoms. The highest BCUT2D eigenvalue weighted by Gasteiger charge is 2.29. The maximum absolute atomic E-state index is 13.3. The minimum Gasteiger partial charge on any atom is -0.351 e. The normalized spacial score (nSPS) is 14.1. The number of rotatable bonds is 6. The molecule has 140 valence electrons. The van der Waals surface area contributed by atoms with Crippen molar-refractivity contribution in [1.82, 2.24) is 20.4 Å². The number of aromatic nitrogens is 2. The highest BCUT2D eigenvalue weighted by Crippen LogP contribution is 2.41. The first-order chi connectivity index (χ1) is 13.0. The lowest BCUT2D eigenvalue weighted by Gasteiger charge is -2.11. The molecule has 0 aliphatic heterocycles. The standard InChI is InChI=1S/C20H21FN4O2/c1-25(2)10-9-22-19(26)15-11-16(12-3-4-12)23-20-17(15)18(24-27-20)13-5-7-14(21)8-6-13/h5-8,11-12H,3-4,9-10H2,1-2H3,(H,22,26). The van der Waals surface area contributed by atoms with Crippen molar-refractivity contribution < 1.29 is 13.7 Å². The summed E-state index contributed by atoms with van der Waals surface area (Å²) in [5.41, 5.74) is 2.89. The van der Waals surface area contributed by atoms with Crippen molar-refractivity contribution in [1.29, 1.82) is 0 Å². The van der Waals surface area contributed by atoms with E-state index in [1.807, 2.05) is 25.1 Å². The number of amides is 1. The summed E-state index contributed by atoms with van der Waals surface area (Å²) < 4.78 is 18.7. The Hall–Kier alpha value is -2.80. The molecule has 27 heavy (non-hydrogen) atoms. The second-order valence-electron chi connectivity index (χ2n) is 7.15. The molecule has 0 unspecified atom stereocenters. The van der Waals surface area contributed by atoms with Gasteiger partial charge in [-0.05, 0) is 57.3 Å². The van der Waals surface area contributed by atoms with Crippen LogP contribution in [0.15, 0.2) is 34.9 Å². The number of nitrogens with one attached hydrogen (secondary N) is 1. The summed E-state index contributed by atoms with van der Waals surface area (Å²) in [4.78, 5) is 19.4. The third-order valence-electron chi connectivity index (χ3n) is 4.67. The molecule has 1 aliphatic rings. The predicted molar refractivity (Wildman–Crippen MR) is 100 cm³/mol. The molecule has 0 radical (unpaired) electrons. The molecular formula is C20H21FN4O2. The zero-order valence-corrected chi connectivity index (χ0v) is 15.3. The number of halogens is 1. The van der Waals surface area contributed by atoms with Crippen molar-refractivity contribution in [2.24, 2.45) is 0 Å². The third-order valence-corrected chi connectivity index (χ3v) is 4.67. The summed E-state index contributed by atoms with van der Waals surface area (Å²) >= 11 is 0. The van der Waals surface area contributed by atoms with Gasteiger partial charge >= 0.3 is 0 Å². The quantitative estimate of drug-likeness (QED) is 0.723. The Kier molecular flexibility index (Phi) is 4.61. The first kappa shape index (κ1) is 17.6. The Bertz CT molecular complexity index is 978. The van der Waals surface area contributed by atoms with E-state index in [1.54, 1.807) is 12.1 Å². The predicted octanol–water partition coefficient (Wildman–Crippen LogP) is 3.20. The number of benzene rings is 1. The lowest BCUT2D eigenvalue weighted by Crippen LogP contribution is -2.31. The SMILES string of the molecule is CN(C)CCNC(=O)c1cc(C2CC2)nc2onc(-c3ccc(F)cc3)c12. The van der Waals surface area contributed by atoms with Gasteiger partial charge in [-0.1, -0.05) is 5.16 Å². The third kappa shape index (κ3) is 3.68. The van der Waals surface area contributed by atoms with Gasteiger partial charge in [0.15, 0.2) is 0 Å². The Labute approximate surface area is 156 Å². The summed E-state index contributed by atoms with van der Waals surface area (Å²) in [5.74, 6) is -0.137. The Morgan fingerprint density at radius 2 is 2.04 bits per heavy atom. The molecule has 0 spiro atoms. The molecule has 0 atom stereocenters. The van der Waals surface area contributed by atoms with E-state index >= 15 is 0 Å². The van der Waals surface area contributed by atoms with Gasteiger partial charge in [0, 0.05) is 30.3 Å². The average molecular weight is 368 g/mol. The number of carbonyl (C=O) groups excluding carboxylic acids is 1. The van der Waals surface area contributed by atoms with Gasteiger partial charge < -0.3 is 14.7 Å². The van der Waals surface area contributed by atoms with Gasteiger partial charge in [0.1, 0.15) is 11.5 Å². The van der Waals surface area contributed by atoms with Crippen LogP contribution in [0.5, 0.6) is 0 Å². The van der Waals surface area contributed by atoms with Crippen LogP contribution in [0, 0.1) is 5.82 Å². The second-order valence-corrected chi connectivity index (χ2v) is 7.15. The minimum atomic E-state index is -0.331. The molecule has 0 saturated heterocycles. The highest BCUT2D eigenvalue weighted by molar-refractivity contribution is 6.09. The van der Waals surface area contributed by atoms with E-state index in [2.05, 4.69) is 15.5 Å². The van der Waals surface area contributed by atoms with E-state index in [9.17, 15) is 9.18 Å². The van der Waals surface area contributed by atoms with E-state index in [0.29, 0.717) is 40.4 Å². The van der Waals surface area contributed by atoms with Crippen LogP contribution in [0.1, 0.15) is 34.8 Å². The lowest BCUT2D eigenvalue weighted by atomic mass is 10.0. The molecule has 3 aromatic rings. The number of likely N-dealkylation sites (N-methyl/N-ethyl adjacent to an activating group) is 1. The van der Waals surface area contributed by atoms with Gasteiger partial charge in [0.2, 0.25) is 0 Å². The van der Waals surface area contributed by atoms with Gasteiger partial charge in [0.25, 0.3) is 11.6 Å². The van der Waals surface area contributed by atoms with Gasteiger partial charge in [-0.25, -0.2) is 9.37 Å². The van der Waals surface area contributed by atoms with Crippen molar-refractivity contribution >= 4 is 17.0 Å². The Balaban J connectivity index is 1.77. The first-order valence-corrected chi connectivity index (χ1v) is 9.02. The molecular weight excluding hydrogens is 347 g/mol. The van der Waals surface area contributed by atoms with Crippen LogP contribution < -0.4 is 5.32 Å². The van der Waals surface area contributed by atoms with Crippen molar-refractivity contribution in [2.45, 2.75) is 18.8 Å². The molecule has 0 bridgehead atoms. The van der Waals surface area contributed by atoms with Gasteiger partial charge in [-0.2, -0.15) is 0 Å². The monoisotopic (exact) mass is 368 g/mol. The number of hydrogen-bond donors (Lipinski definition) is 1. The van der Waals surface area contributed by atoms with Gasteiger partial charge in [-0.3, -0.25) is 4.79 Å². The number of carbonyl (C=O) groups is 1. The second kappa shape index (κ2) is 7.08. The fourth-order valence-corrected chi connectivity index (χ4v) is 3.03. The van der Waals surface area contributed by atoms with E-state index in [1.165, 1.54) is 12.1 Å². The summed E-state index contributed by atoms with van der Waals surface area (Å²) in [6.45, 7) is 1.27. The van der Waals surface area contributed by atoms with Crippen molar-refractivity contribution in [3.8, 4) is 11.3 Å². The summed E-state index contributed by atoms with van der Waals surface area (Å²) in [7, 11) is 3.91. The topological polar surface area (TPSA) is 71.3 Å². The zero-order chi connectivity index (χ0) is 19.0. The van der Waals surface area contributed by atoms with E-state index < -0.39 is 0 Å². The molecule has 6 nitrogen and oxygen atoms in total. The first-order valence-electron chi connectivity index (χ1n) is 9.02. The van der Waals surface area contributed by atoms with Crippen molar-refractivity contribution in [3.63, 3.8) is 0 Å². The maximum atomic E-state index is 13.3. The van der Waals surface area contributed by atoms with Gasteiger partial charge in [0.05, 0.1) is 10.9 Å². The molecule has 4 rings (SSSR count). The number of fused-ring (bicyclic) bond motifs is 1. The van der Waals surface area contributed by atoms with Crippen LogP contribution >= 0.6 is 0 Å². The molecule has 2 aromatic heterocycles. The van der Waals surface area contributed by atoms with E-state index in [4.69, 9.17) is 4.52 Å². The van der Waals surface area contributed by atoms with Crippen molar-refractivity contribution in [3.05, 3.63) is 47.4 Å². The number of nitrogens with zero attached hydrogens (tertiary/aromatic N) is 3. The smallest absolute Gasteiger partial charge is 0.259 e. The highest BCUT2D eigenvalue weighted by atomic mass is 19.1. The van der Waals surface area contributed by atoms with Crippen LogP contribution in [0.25, 0.3) is 22.4 Å². The molecule has 1 saturated carbocycles. The Morgan fingerprint density at radius 1 is 1.30 bits per heavy atom. The van der Waals surface area contributed by atoms with E-state index in [-0.39, 0.29) is 11.7 Å².